The zero-order valence-electron chi connectivity index (χ0n) is 38.5. The number of carbonyl (C=O) groups is 1. The van der Waals surface area contributed by atoms with Gasteiger partial charge in [-0.25, -0.2) is 24.1 Å². The quantitative estimate of drug-likeness (QED) is 0.0158. The molecular formula is C43H79N5O13P2S. The molecule has 3 rings (SSSR count). The summed E-state index contributed by atoms with van der Waals surface area (Å²) < 4.78 is 51.5. The molecule has 21 heteroatoms. The Morgan fingerprint density at radius 2 is 1.36 bits per heavy atom. The lowest BCUT2D eigenvalue weighted by molar-refractivity contribution is -0.161. The SMILES string of the molecule is CCCCCCCCCCCCCCCC(=O)OC(CO[C@H]1[C@H](O)[C@@H](C(O)OP(=O)(O)OP(=O)(O)O)O[C@@H]1n1cnc2c(N)ncnc21)CSC(C)CCCCCCCCCCCC. The van der Waals surface area contributed by atoms with Gasteiger partial charge in [-0.3, -0.25) is 13.9 Å². The largest absolute Gasteiger partial charge is 0.483 e. The number of rotatable bonds is 38. The zero-order chi connectivity index (χ0) is 46.8. The molecule has 1 aliphatic heterocycles. The molecule has 1 saturated heterocycles. The Morgan fingerprint density at radius 3 is 1.91 bits per heavy atom. The lowest BCUT2D eigenvalue weighted by Gasteiger charge is -2.26. The van der Waals surface area contributed by atoms with Crippen molar-refractivity contribution in [1.82, 2.24) is 19.5 Å². The minimum atomic E-state index is -5.57. The average molecular weight is 968 g/mol. The van der Waals surface area contributed by atoms with Crippen LogP contribution in [0.1, 0.15) is 188 Å². The molecule has 0 saturated carbocycles. The Hall–Kier alpha value is -1.73. The molecule has 2 aromatic heterocycles. The molecule has 0 spiro atoms. The van der Waals surface area contributed by atoms with Gasteiger partial charge in [0.05, 0.1) is 12.9 Å². The third kappa shape index (κ3) is 22.4. The molecule has 4 unspecified atom stereocenters. The van der Waals surface area contributed by atoms with Crippen molar-refractivity contribution in [2.75, 3.05) is 18.1 Å². The molecule has 64 heavy (non-hydrogen) atoms. The minimum absolute atomic E-state index is 0.0508. The van der Waals surface area contributed by atoms with Crippen LogP contribution in [-0.2, 0) is 37.0 Å². The second-order valence-corrected chi connectivity index (χ2v) is 21.4. The van der Waals surface area contributed by atoms with E-state index < -0.39 is 52.6 Å². The van der Waals surface area contributed by atoms with Gasteiger partial charge < -0.3 is 44.8 Å². The number of nitrogens with zero attached hydrogens (tertiary/aromatic N) is 4. The van der Waals surface area contributed by atoms with Gasteiger partial charge in [0.2, 0.25) is 0 Å². The molecule has 1 aliphatic rings. The predicted octanol–water partition coefficient (Wildman–Crippen LogP) is 9.42. The van der Waals surface area contributed by atoms with Crippen LogP contribution in [-0.4, -0.2) is 98.7 Å². The third-order valence-corrected chi connectivity index (χ3v) is 15.0. The topological polar surface area (TPSA) is 268 Å². The number of nitrogens with two attached hydrogens (primary N) is 1. The van der Waals surface area contributed by atoms with E-state index in [0.717, 1.165) is 38.5 Å². The van der Waals surface area contributed by atoms with Gasteiger partial charge in [-0.05, 0) is 12.8 Å². The Morgan fingerprint density at radius 1 is 0.828 bits per heavy atom. The van der Waals surface area contributed by atoms with E-state index in [2.05, 4.69) is 44.6 Å². The zero-order valence-corrected chi connectivity index (χ0v) is 41.1. The molecule has 18 nitrogen and oxygen atoms in total. The number of nitrogen functional groups attached to an aromatic ring is 1. The van der Waals surface area contributed by atoms with Gasteiger partial charge in [0.1, 0.15) is 36.3 Å². The van der Waals surface area contributed by atoms with Gasteiger partial charge >= 0.3 is 21.6 Å². The summed E-state index contributed by atoms with van der Waals surface area (Å²) in [6, 6.07) is 0. The Balaban J connectivity index is 1.63. The van der Waals surface area contributed by atoms with Gasteiger partial charge in [0.25, 0.3) is 0 Å². The molecule has 7 N–H and O–H groups in total. The first-order chi connectivity index (χ1) is 30.7. The van der Waals surface area contributed by atoms with Crippen LogP contribution < -0.4 is 5.73 Å². The van der Waals surface area contributed by atoms with E-state index in [1.165, 1.54) is 126 Å². The number of fused-ring (bicyclic) bond motifs is 1. The fourth-order valence-electron chi connectivity index (χ4n) is 7.86. The Bertz CT molecular complexity index is 1680. The normalized spacial score (nSPS) is 20.4. The smallest absolute Gasteiger partial charge is 0.459 e. The van der Waals surface area contributed by atoms with E-state index in [1.54, 1.807) is 11.8 Å². The maximum absolute atomic E-state index is 13.3. The first kappa shape index (κ1) is 56.6. The van der Waals surface area contributed by atoms with Crippen LogP contribution in [0.2, 0.25) is 0 Å². The number of ether oxygens (including phenoxy) is 3. The number of carbonyl (C=O) groups excluding carboxylic acids is 1. The number of esters is 1. The molecule has 0 aliphatic carbocycles. The summed E-state index contributed by atoms with van der Waals surface area (Å²) in [6.45, 7) is 6.42. The monoisotopic (exact) mass is 967 g/mol. The predicted molar refractivity (Wildman–Crippen MR) is 248 cm³/mol. The maximum atomic E-state index is 13.3. The van der Waals surface area contributed by atoms with Crippen molar-refractivity contribution in [3.63, 3.8) is 0 Å². The lowest BCUT2D eigenvalue weighted by Crippen LogP contribution is -2.42. The summed E-state index contributed by atoms with van der Waals surface area (Å²) in [5, 5.41) is 22.6. The number of aromatic nitrogens is 4. The number of imidazole rings is 1. The molecule has 0 amide bonds. The molecule has 0 radical (unpaired) electrons. The van der Waals surface area contributed by atoms with Crippen LogP contribution in [0.25, 0.3) is 11.2 Å². The molecular weight excluding hydrogens is 889 g/mol. The van der Waals surface area contributed by atoms with E-state index in [4.69, 9.17) is 29.7 Å². The highest BCUT2D eigenvalue weighted by Gasteiger charge is 2.51. The summed E-state index contributed by atoms with van der Waals surface area (Å²) in [4.78, 5) is 53.7. The van der Waals surface area contributed by atoms with Crippen molar-refractivity contribution < 1.29 is 61.9 Å². The number of unbranched alkanes of at least 4 members (excludes halogenated alkanes) is 21. The van der Waals surface area contributed by atoms with Crippen molar-refractivity contribution in [3.05, 3.63) is 12.7 Å². The minimum Gasteiger partial charge on any atom is -0.459 e. The number of anilines is 1. The third-order valence-electron chi connectivity index (χ3n) is 11.4. The second-order valence-electron chi connectivity index (χ2n) is 17.1. The molecule has 8 atom stereocenters. The molecule has 3 heterocycles. The van der Waals surface area contributed by atoms with Crippen molar-refractivity contribution in [1.29, 1.82) is 0 Å². The van der Waals surface area contributed by atoms with Crippen LogP contribution in [0, 0.1) is 0 Å². The second kappa shape index (κ2) is 31.3. The maximum Gasteiger partial charge on any atom is 0.483 e. The van der Waals surface area contributed by atoms with Gasteiger partial charge in [0.15, 0.2) is 24.0 Å². The number of thioether (sulfide) groups is 1. The first-order valence-corrected chi connectivity index (χ1v) is 27.9. The van der Waals surface area contributed by atoms with Gasteiger partial charge in [-0.15, -0.1) is 0 Å². The van der Waals surface area contributed by atoms with E-state index in [9.17, 15) is 29.0 Å². The highest BCUT2D eigenvalue weighted by Crippen LogP contribution is 2.58. The van der Waals surface area contributed by atoms with Crippen molar-refractivity contribution in [2.45, 2.75) is 223 Å². The van der Waals surface area contributed by atoms with Crippen molar-refractivity contribution in [3.8, 4) is 0 Å². The van der Waals surface area contributed by atoms with Gasteiger partial charge in [-0.2, -0.15) is 16.1 Å². The van der Waals surface area contributed by atoms with E-state index in [-0.39, 0.29) is 41.2 Å². The summed E-state index contributed by atoms with van der Waals surface area (Å²) >= 11 is 1.66. The molecule has 0 bridgehead atoms. The van der Waals surface area contributed by atoms with E-state index in [0.29, 0.717) is 12.2 Å². The summed E-state index contributed by atoms with van der Waals surface area (Å²) in [6.07, 6.45) is 22.2. The Labute approximate surface area is 384 Å². The summed E-state index contributed by atoms with van der Waals surface area (Å²) in [5.74, 6) is 0.0883. The number of phosphoric acid groups is 2. The fourth-order valence-corrected chi connectivity index (χ4v) is 10.5. The number of hydrogen-bond acceptors (Lipinski definition) is 15. The van der Waals surface area contributed by atoms with Crippen LogP contribution >= 0.6 is 27.4 Å². The van der Waals surface area contributed by atoms with Crippen LogP contribution in [0.4, 0.5) is 5.82 Å². The number of aliphatic hydroxyl groups is 2. The van der Waals surface area contributed by atoms with Gasteiger partial charge in [-0.1, -0.05) is 162 Å². The fraction of sp³-hybridized carbons (Fsp3) is 0.860. The summed E-state index contributed by atoms with van der Waals surface area (Å²) in [7, 11) is -11.1. The van der Waals surface area contributed by atoms with Crippen LogP contribution in [0.5, 0.6) is 0 Å². The number of hydrogen-bond donors (Lipinski definition) is 6. The number of aliphatic hydroxyl groups excluding tert-OH is 2. The van der Waals surface area contributed by atoms with E-state index >= 15 is 0 Å². The molecule has 370 valence electrons. The highest BCUT2D eigenvalue weighted by atomic mass is 32.2. The first-order valence-electron chi connectivity index (χ1n) is 23.8. The van der Waals surface area contributed by atoms with Crippen LogP contribution in [0.15, 0.2) is 12.7 Å². The number of phosphoric ester groups is 1. The molecule has 2 aromatic rings. The van der Waals surface area contributed by atoms with Crippen LogP contribution in [0.3, 0.4) is 0 Å². The highest BCUT2D eigenvalue weighted by molar-refractivity contribution is 7.99. The Kier molecular flexibility index (Phi) is 27.7. The molecule has 1 fully saturated rings. The molecule has 0 aromatic carbocycles. The standard InChI is InChI=1S/C43H79N5O13P2S/c1-4-6-8-10-12-14-16-17-18-20-22-24-26-28-35(49)58-34(30-64-33(3)27-25-23-21-19-15-13-11-9-7-5-2)29-57-38-37(50)39(43(51)60-63(55,56)61-62(52,53)54)59-42(38)48-32-47-36-40(44)45-31-46-41(36)48/h31-34,37-39,42-43,50-51H,4-30H2,1-3H3,(H,55,56)(H2,44,45,46)(H2,52,53,54)/t33?,34?,37-,38-,39-,42-,43?/m0/s1. The van der Waals surface area contributed by atoms with Gasteiger partial charge in [0, 0.05) is 17.4 Å². The van der Waals surface area contributed by atoms with Crippen molar-refractivity contribution in [2.24, 2.45) is 0 Å². The average Bonchev–Trinajstić information content (AvgIpc) is 3.81. The lowest BCUT2D eigenvalue weighted by atomic mass is 10.0. The summed E-state index contributed by atoms with van der Waals surface area (Å²) in [5.41, 5.74) is 6.37. The van der Waals surface area contributed by atoms with Crippen molar-refractivity contribution >= 4 is 50.4 Å². The van der Waals surface area contributed by atoms with E-state index in [1.807, 2.05) is 0 Å².